The van der Waals surface area contributed by atoms with E-state index in [1.807, 2.05) is 17.5 Å². The smallest absolute Gasteiger partial charge is 0.253 e. The minimum Gasteiger partial charge on any atom is -0.348 e. The van der Waals surface area contributed by atoms with Gasteiger partial charge in [0.15, 0.2) is 0 Å². The summed E-state index contributed by atoms with van der Waals surface area (Å²) in [5.41, 5.74) is 1.64. The van der Waals surface area contributed by atoms with Crippen LogP contribution in [0.3, 0.4) is 0 Å². The lowest BCUT2D eigenvalue weighted by Gasteiger charge is -2.44. The lowest BCUT2D eigenvalue weighted by Crippen LogP contribution is -2.57. The second-order valence-electron chi connectivity index (χ2n) is 5.75. The van der Waals surface area contributed by atoms with Gasteiger partial charge in [-0.3, -0.25) is 9.78 Å². The van der Waals surface area contributed by atoms with Crippen molar-refractivity contribution in [1.82, 2.24) is 15.2 Å². The number of piperidine rings is 3. The molecule has 2 aromatic heterocycles. The van der Waals surface area contributed by atoms with Crippen molar-refractivity contribution in [2.75, 3.05) is 19.6 Å². The standard InChI is InChI=1S/C15H17N3OS/c19-15(11-7-14-12(16-8-11)3-6-20-14)17-13-9-18-4-1-10(13)2-5-18/h3,6-8,10,13H,1-2,4-5,9H2,(H,17,19)/t13-/m0/s1. The quantitative estimate of drug-likeness (QED) is 0.920. The van der Waals surface area contributed by atoms with Crippen LogP contribution >= 0.6 is 11.3 Å². The van der Waals surface area contributed by atoms with Gasteiger partial charge in [0.25, 0.3) is 5.91 Å². The van der Waals surface area contributed by atoms with E-state index in [1.54, 1.807) is 17.5 Å². The summed E-state index contributed by atoms with van der Waals surface area (Å²) in [5, 5.41) is 5.21. The van der Waals surface area contributed by atoms with Crippen molar-refractivity contribution in [1.29, 1.82) is 0 Å². The molecule has 1 atom stereocenters. The highest BCUT2D eigenvalue weighted by Crippen LogP contribution is 2.27. The van der Waals surface area contributed by atoms with E-state index in [0.717, 1.165) is 16.8 Å². The number of aromatic nitrogens is 1. The van der Waals surface area contributed by atoms with Gasteiger partial charge in [0, 0.05) is 18.8 Å². The van der Waals surface area contributed by atoms with Crippen LogP contribution in [0.5, 0.6) is 0 Å². The summed E-state index contributed by atoms with van der Waals surface area (Å²) in [5.74, 6) is 0.675. The predicted molar refractivity (Wildman–Crippen MR) is 80.0 cm³/mol. The van der Waals surface area contributed by atoms with E-state index in [1.165, 1.54) is 25.9 Å². The lowest BCUT2D eigenvalue weighted by molar-refractivity contribution is 0.0620. The molecule has 2 bridgehead atoms. The van der Waals surface area contributed by atoms with E-state index in [0.29, 0.717) is 17.5 Å². The van der Waals surface area contributed by atoms with Crippen LogP contribution in [0.25, 0.3) is 10.2 Å². The summed E-state index contributed by atoms with van der Waals surface area (Å²) in [6.45, 7) is 3.39. The fraction of sp³-hybridized carbons (Fsp3) is 0.467. The van der Waals surface area contributed by atoms with Crippen LogP contribution in [-0.2, 0) is 0 Å². The molecule has 0 aliphatic carbocycles. The van der Waals surface area contributed by atoms with Gasteiger partial charge in [-0.15, -0.1) is 11.3 Å². The maximum Gasteiger partial charge on any atom is 0.253 e. The second kappa shape index (κ2) is 4.82. The molecule has 3 aliphatic rings. The van der Waals surface area contributed by atoms with Crippen molar-refractivity contribution < 1.29 is 4.79 Å². The summed E-state index contributed by atoms with van der Waals surface area (Å²) in [6.07, 6.45) is 4.12. The Kier molecular flexibility index (Phi) is 2.97. The molecule has 4 nitrogen and oxygen atoms in total. The molecule has 3 aliphatic heterocycles. The Morgan fingerprint density at radius 2 is 2.25 bits per heavy atom. The highest BCUT2D eigenvalue weighted by atomic mass is 32.1. The van der Waals surface area contributed by atoms with Gasteiger partial charge in [0.2, 0.25) is 0 Å². The molecular formula is C15H17N3OS. The zero-order valence-corrected chi connectivity index (χ0v) is 12.0. The topological polar surface area (TPSA) is 45.2 Å². The van der Waals surface area contributed by atoms with Crippen molar-refractivity contribution in [3.63, 3.8) is 0 Å². The average molecular weight is 287 g/mol. The van der Waals surface area contributed by atoms with Gasteiger partial charge in [0.05, 0.1) is 15.8 Å². The third-order valence-corrected chi connectivity index (χ3v) is 5.39. The number of hydrogen-bond donors (Lipinski definition) is 1. The van der Waals surface area contributed by atoms with Gasteiger partial charge < -0.3 is 10.2 Å². The highest BCUT2D eigenvalue weighted by molar-refractivity contribution is 7.17. The first kappa shape index (κ1) is 12.3. The zero-order valence-electron chi connectivity index (χ0n) is 11.2. The van der Waals surface area contributed by atoms with E-state index in [4.69, 9.17) is 0 Å². The normalized spacial score (nSPS) is 28.7. The first-order valence-electron chi connectivity index (χ1n) is 7.16. The molecule has 1 N–H and O–H groups in total. The Morgan fingerprint density at radius 3 is 3.00 bits per heavy atom. The lowest BCUT2D eigenvalue weighted by atomic mass is 9.84. The number of amides is 1. The number of carbonyl (C=O) groups is 1. The molecule has 3 saturated heterocycles. The van der Waals surface area contributed by atoms with Crippen molar-refractivity contribution in [3.05, 3.63) is 29.3 Å². The molecule has 0 spiro atoms. The SMILES string of the molecule is O=C(N[C@H]1CN2CCC1CC2)c1cnc2ccsc2c1. The van der Waals surface area contributed by atoms with Gasteiger partial charge in [-0.05, 0) is 49.4 Å². The average Bonchev–Trinajstić information content (AvgIpc) is 2.96. The van der Waals surface area contributed by atoms with Crippen molar-refractivity contribution in [2.24, 2.45) is 5.92 Å². The Hall–Kier alpha value is -1.46. The minimum atomic E-state index is 0.0200. The summed E-state index contributed by atoms with van der Waals surface area (Å²) in [4.78, 5) is 19.2. The van der Waals surface area contributed by atoms with Crippen LogP contribution in [0, 0.1) is 5.92 Å². The third kappa shape index (κ3) is 2.11. The van der Waals surface area contributed by atoms with Gasteiger partial charge >= 0.3 is 0 Å². The van der Waals surface area contributed by atoms with Gasteiger partial charge in [-0.2, -0.15) is 0 Å². The molecule has 1 amide bonds. The van der Waals surface area contributed by atoms with Crippen LogP contribution in [0.15, 0.2) is 23.7 Å². The zero-order chi connectivity index (χ0) is 13.5. The number of nitrogens with one attached hydrogen (secondary N) is 1. The first-order chi connectivity index (χ1) is 9.79. The molecule has 5 heterocycles. The summed E-state index contributed by atoms with van der Waals surface area (Å²) in [7, 11) is 0. The molecule has 5 rings (SSSR count). The number of rotatable bonds is 2. The largest absolute Gasteiger partial charge is 0.348 e. The van der Waals surface area contributed by atoms with E-state index in [2.05, 4.69) is 15.2 Å². The predicted octanol–water partition coefficient (Wildman–Crippen LogP) is 2.12. The monoisotopic (exact) mass is 287 g/mol. The fourth-order valence-corrected chi connectivity index (χ4v) is 4.13. The van der Waals surface area contributed by atoms with Crippen LogP contribution in [0.4, 0.5) is 0 Å². The van der Waals surface area contributed by atoms with Crippen LogP contribution in [0.2, 0.25) is 0 Å². The van der Waals surface area contributed by atoms with Gasteiger partial charge in [0.1, 0.15) is 0 Å². The maximum atomic E-state index is 12.4. The Balaban J connectivity index is 1.52. The summed E-state index contributed by atoms with van der Waals surface area (Å²) >= 11 is 1.63. The third-order valence-electron chi connectivity index (χ3n) is 4.54. The molecular weight excluding hydrogens is 270 g/mol. The Morgan fingerprint density at radius 1 is 1.40 bits per heavy atom. The molecule has 0 unspecified atom stereocenters. The van der Waals surface area contributed by atoms with E-state index >= 15 is 0 Å². The van der Waals surface area contributed by atoms with Crippen molar-refractivity contribution >= 4 is 27.5 Å². The van der Waals surface area contributed by atoms with E-state index in [-0.39, 0.29) is 5.91 Å². The molecule has 2 aromatic rings. The van der Waals surface area contributed by atoms with E-state index < -0.39 is 0 Å². The molecule has 104 valence electrons. The second-order valence-corrected chi connectivity index (χ2v) is 6.69. The number of fused-ring (bicyclic) bond motifs is 4. The summed E-state index contributed by atoms with van der Waals surface area (Å²) in [6, 6.07) is 4.24. The van der Waals surface area contributed by atoms with Gasteiger partial charge in [-0.1, -0.05) is 0 Å². The number of hydrogen-bond acceptors (Lipinski definition) is 4. The Labute approximate surface area is 121 Å². The summed E-state index contributed by atoms with van der Waals surface area (Å²) < 4.78 is 1.08. The minimum absolute atomic E-state index is 0.0200. The molecule has 0 aromatic carbocycles. The molecule has 0 saturated carbocycles. The number of carbonyl (C=O) groups excluding carboxylic acids is 1. The molecule has 0 radical (unpaired) electrons. The number of thiophene rings is 1. The number of pyridine rings is 1. The Bertz CT molecular complexity index is 645. The highest BCUT2D eigenvalue weighted by Gasteiger charge is 2.34. The molecule has 5 heteroatoms. The molecule has 3 fully saturated rings. The van der Waals surface area contributed by atoms with Crippen LogP contribution < -0.4 is 5.32 Å². The van der Waals surface area contributed by atoms with E-state index in [9.17, 15) is 4.79 Å². The van der Waals surface area contributed by atoms with Crippen molar-refractivity contribution in [3.8, 4) is 0 Å². The number of nitrogens with zero attached hydrogens (tertiary/aromatic N) is 2. The fourth-order valence-electron chi connectivity index (χ4n) is 3.35. The first-order valence-corrected chi connectivity index (χ1v) is 8.04. The maximum absolute atomic E-state index is 12.4. The molecule has 20 heavy (non-hydrogen) atoms. The van der Waals surface area contributed by atoms with Crippen molar-refractivity contribution in [2.45, 2.75) is 18.9 Å². The van der Waals surface area contributed by atoms with Gasteiger partial charge in [-0.25, -0.2) is 0 Å². The van der Waals surface area contributed by atoms with Crippen LogP contribution in [0.1, 0.15) is 23.2 Å². The van der Waals surface area contributed by atoms with Crippen LogP contribution in [-0.4, -0.2) is 41.5 Å².